The topological polar surface area (TPSA) is 71.7 Å². The van der Waals surface area contributed by atoms with Crippen LogP contribution in [0.1, 0.15) is 31.2 Å². The first-order chi connectivity index (χ1) is 12.2. The molecule has 2 aromatic rings. The SMILES string of the molecule is CCNC(=NCc1ncc(-c2ccc(C)cc2)o1)NCC1CCCO1. The Labute approximate surface area is 148 Å². The van der Waals surface area contributed by atoms with Gasteiger partial charge in [0.25, 0.3) is 0 Å². The third-order valence-electron chi connectivity index (χ3n) is 4.13. The zero-order valence-electron chi connectivity index (χ0n) is 14.9. The zero-order valence-corrected chi connectivity index (χ0v) is 14.9. The van der Waals surface area contributed by atoms with Crippen molar-refractivity contribution in [1.82, 2.24) is 15.6 Å². The molecule has 1 saturated heterocycles. The Bertz CT molecular complexity index is 688. The van der Waals surface area contributed by atoms with Crippen molar-refractivity contribution in [2.75, 3.05) is 19.7 Å². The highest BCUT2D eigenvalue weighted by molar-refractivity contribution is 5.79. The molecule has 1 aromatic heterocycles. The minimum atomic E-state index is 0.277. The highest BCUT2D eigenvalue weighted by atomic mass is 16.5. The number of benzene rings is 1. The number of nitrogens with zero attached hydrogens (tertiary/aromatic N) is 2. The predicted molar refractivity (Wildman–Crippen MR) is 98.5 cm³/mol. The van der Waals surface area contributed by atoms with Crippen molar-refractivity contribution in [2.45, 2.75) is 39.3 Å². The van der Waals surface area contributed by atoms with Gasteiger partial charge in [0, 0.05) is 25.3 Å². The fourth-order valence-electron chi connectivity index (χ4n) is 2.74. The average molecular weight is 342 g/mol. The normalized spacial score (nSPS) is 17.7. The largest absolute Gasteiger partial charge is 0.439 e. The lowest BCUT2D eigenvalue weighted by Crippen LogP contribution is -2.41. The van der Waals surface area contributed by atoms with Crippen molar-refractivity contribution < 1.29 is 9.15 Å². The summed E-state index contributed by atoms with van der Waals surface area (Å²) in [4.78, 5) is 8.88. The summed E-state index contributed by atoms with van der Waals surface area (Å²) in [5.41, 5.74) is 2.25. The lowest BCUT2D eigenvalue weighted by Gasteiger charge is -2.14. The maximum absolute atomic E-state index is 5.82. The molecule has 6 nitrogen and oxygen atoms in total. The van der Waals surface area contributed by atoms with E-state index in [1.165, 1.54) is 5.56 Å². The number of hydrogen-bond acceptors (Lipinski definition) is 4. The molecule has 134 valence electrons. The minimum absolute atomic E-state index is 0.277. The molecule has 0 bridgehead atoms. The Morgan fingerprint density at radius 2 is 2.12 bits per heavy atom. The number of aromatic nitrogens is 1. The lowest BCUT2D eigenvalue weighted by atomic mass is 10.1. The Hall–Kier alpha value is -2.34. The van der Waals surface area contributed by atoms with E-state index in [2.05, 4.69) is 39.7 Å². The second-order valence-electron chi connectivity index (χ2n) is 6.20. The Kier molecular flexibility index (Phi) is 6.06. The van der Waals surface area contributed by atoms with Gasteiger partial charge < -0.3 is 19.8 Å². The van der Waals surface area contributed by atoms with Crippen LogP contribution >= 0.6 is 0 Å². The summed E-state index contributed by atoms with van der Waals surface area (Å²) in [6.45, 7) is 6.94. The summed E-state index contributed by atoms with van der Waals surface area (Å²) in [5, 5.41) is 6.56. The van der Waals surface area contributed by atoms with E-state index >= 15 is 0 Å². The molecule has 2 N–H and O–H groups in total. The van der Waals surface area contributed by atoms with Crippen LogP contribution in [-0.2, 0) is 11.3 Å². The van der Waals surface area contributed by atoms with Gasteiger partial charge in [0.15, 0.2) is 11.7 Å². The number of ether oxygens (including phenoxy) is 1. The van der Waals surface area contributed by atoms with Crippen LogP contribution in [0.2, 0.25) is 0 Å². The summed E-state index contributed by atoms with van der Waals surface area (Å²) >= 11 is 0. The number of oxazole rings is 1. The molecule has 0 spiro atoms. The molecule has 3 rings (SSSR count). The van der Waals surface area contributed by atoms with Gasteiger partial charge in [0.1, 0.15) is 6.54 Å². The van der Waals surface area contributed by atoms with E-state index in [-0.39, 0.29) is 6.10 Å². The molecule has 1 atom stereocenters. The van der Waals surface area contributed by atoms with Gasteiger partial charge in [0.05, 0.1) is 12.3 Å². The summed E-state index contributed by atoms with van der Waals surface area (Å²) in [6, 6.07) is 8.20. The molecule has 0 saturated carbocycles. The smallest absolute Gasteiger partial charge is 0.216 e. The molecule has 2 heterocycles. The fraction of sp³-hybridized carbons (Fsp3) is 0.474. The van der Waals surface area contributed by atoms with Crippen molar-refractivity contribution in [2.24, 2.45) is 4.99 Å². The van der Waals surface area contributed by atoms with E-state index in [1.807, 2.05) is 19.1 Å². The number of rotatable bonds is 6. The van der Waals surface area contributed by atoms with Gasteiger partial charge >= 0.3 is 0 Å². The van der Waals surface area contributed by atoms with E-state index < -0.39 is 0 Å². The summed E-state index contributed by atoms with van der Waals surface area (Å²) in [7, 11) is 0. The fourth-order valence-corrected chi connectivity index (χ4v) is 2.74. The van der Waals surface area contributed by atoms with E-state index in [4.69, 9.17) is 9.15 Å². The summed E-state index contributed by atoms with van der Waals surface area (Å²) in [5.74, 6) is 2.13. The van der Waals surface area contributed by atoms with Crippen molar-refractivity contribution in [3.05, 3.63) is 41.9 Å². The molecule has 25 heavy (non-hydrogen) atoms. The molecule has 0 amide bonds. The van der Waals surface area contributed by atoms with E-state index in [0.29, 0.717) is 12.4 Å². The molecule has 1 unspecified atom stereocenters. The second kappa shape index (κ2) is 8.67. The summed E-state index contributed by atoms with van der Waals surface area (Å²) < 4.78 is 11.4. The van der Waals surface area contributed by atoms with Crippen LogP contribution in [0.15, 0.2) is 39.9 Å². The van der Waals surface area contributed by atoms with Gasteiger partial charge in [-0.05, 0) is 26.7 Å². The van der Waals surface area contributed by atoms with Gasteiger partial charge in [-0.3, -0.25) is 0 Å². The van der Waals surface area contributed by atoms with E-state index in [0.717, 1.165) is 49.8 Å². The Balaban J connectivity index is 1.59. The first-order valence-corrected chi connectivity index (χ1v) is 8.90. The van der Waals surface area contributed by atoms with Crippen LogP contribution in [0, 0.1) is 6.92 Å². The second-order valence-corrected chi connectivity index (χ2v) is 6.20. The van der Waals surface area contributed by atoms with Crippen molar-refractivity contribution >= 4 is 5.96 Å². The van der Waals surface area contributed by atoms with Crippen molar-refractivity contribution in [3.63, 3.8) is 0 Å². The van der Waals surface area contributed by atoms with Crippen molar-refractivity contribution in [1.29, 1.82) is 0 Å². The van der Waals surface area contributed by atoms with Crippen LogP contribution in [-0.4, -0.2) is 36.7 Å². The van der Waals surface area contributed by atoms with Crippen LogP contribution in [0.5, 0.6) is 0 Å². The Morgan fingerprint density at radius 1 is 1.28 bits per heavy atom. The molecule has 0 radical (unpaired) electrons. The van der Waals surface area contributed by atoms with Crippen molar-refractivity contribution in [3.8, 4) is 11.3 Å². The molecule has 1 aromatic carbocycles. The van der Waals surface area contributed by atoms with Crippen LogP contribution in [0.3, 0.4) is 0 Å². The minimum Gasteiger partial charge on any atom is -0.439 e. The van der Waals surface area contributed by atoms with Gasteiger partial charge in [0.2, 0.25) is 5.89 Å². The molecular formula is C19H26N4O2. The summed E-state index contributed by atoms with van der Waals surface area (Å²) in [6.07, 6.45) is 4.27. The molecule has 6 heteroatoms. The third-order valence-corrected chi connectivity index (χ3v) is 4.13. The predicted octanol–water partition coefficient (Wildman–Crippen LogP) is 2.88. The number of guanidine groups is 1. The standard InChI is InChI=1S/C19H26N4O2/c1-3-20-19(22-11-16-5-4-10-24-16)23-13-18-21-12-17(25-18)15-8-6-14(2)7-9-15/h6-9,12,16H,3-5,10-11,13H2,1-2H3,(H2,20,22,23). The molecular weight excluding hydrogens is 316 g/mol. The number of nitrogens with one attached hydrogen (secondary N) is 2. The van der Waals surface area contributed by atoms with Gasteiger partial charge in [-0.2, -0.15) is 0 Å². The maximum atomic E-state index is 5.82. The molecule has 1 fully saturated rings. The number of aryl methyl sites for hydroxylation is 1. The van der Waals surface area contributed by atoms with Gasteiger partial charge in [-0.1, -0.05) is 29.8 Å². The Morgan fingerprint density at radius 3 is 2.84 bits per heavy atom. The molecule has 1 aliphatic rings. The number of aliphatic imine (C=N–C) groups is 1. The highest BCUT2D eigenvalue weighted by Crippen LogP contribution is 2.21. The third kappa shape index (κ3) is 5.06. The van der Waals surface area contributed by atoms with Crippen LogP contribution in [0.4, 0.5) is 0 Å². The maximum Gasteiger partial charge on any atom is 0.216 e. The van der Waals surface area contributed by atoms with Gasteiger partial charge in [-0.15, -0.1) is 0 Å². The van der Waals surface area contributed by atoms with E-state index in [9.17, 15) is 0 Å². The first-order valence-electron chi connectivity index (χ1n) is 8.90. The molecule has 0 aliphatic carbocycles. The van der Waals surface area contributed by atoms with Crippen LogP contribution < -0.4 is 10.6 Å². The zero-order chi connectivity index (χ0) is 17.5. The highest BCUT2D eigenvalue weighted by Gasteiger charge is 2.15. The first kappa shape index (κ1) is 17.5. The average Bonchev–Trinajstić information content (AvgIpc) is 3.30. The monoisotopic (exact) mass is 342 g/mol. The van der Waals surface area contributed by atoms with E-state index in [1.54, 1.807) is 6.20 Å². The number of hydrogen-bond donors (Lipinski definition) is 2. The quantitative estimate of drug-likeness (QED) is 0.624. The molecule has 1 aliphatic heterocycles. The lowest BCUT2D eigenvalue weighted by molar-refractivity contribution is 0.114. The van der Waals surface area contributed by atoms with Crippen LogP contribution in [0.25, 0.3) is 11.3 Å². The van der Waals surface area contributed by atoms with Gasteiger partial charge in [-0.25, -0.2) is 9.98 Å².